The Labute approximate surface area is 157 Å². The Bertz CT molecular complexity index is 629. The lowest BCUT2D eigenvalue weighted by Crippen LogP contribution is -2.45. The SMILES string of the molecule is O=C(OC1CC(C(F)(F)F)C1)C1C=CCCC1C(=O)OC1CC(C(F)(F)F)C1. The molecule has 2 unspecified atom stereocenters. The summed E-state index contributed by atoms with van der Waals surface area (Å²) >= 11 is 0. The summed E-state index contributed by atoms with van der Waals surface area (Å²) < 4.78 is 85.3. The summed E-state index contributed by atoms with van der Waals surface area (Å²) in [4.78, 5) is 24.6. The van der Waals surface area contributed by atoms with Gasteiger partial charge in [0.2, 0.25) is 0 Å². The second kappa shape index (κ2) is 7.59. The van der Waals surface area contributed by atoms with Crippen molar-refractivity contribution in [2.24, 2.45) is 23.7 Å². The minimum Gasteiger partial charge on any atom is -0.462 e. The predicted molar refractivity (Wildman–Crippen MR) is 82.7 cm³/mol. The van der Waals surface area contributed by atoms with Crippen molar-refractivity contribution in [2.75, 3.05) is 0 Å². The number of carbonyl (C=O) groups excluding carboxylic acids is 2. The summed E-state index contributed by atoms with van der Waals surface area (Å²) in [6.45, 7) is 0. The maximum atomic E-state index is 12.5. The first-order valence-corrected chi connectivity index (χ1v) is 9.16. The minimum atomic E-state index is -4.32. The summed E-state index contributed by atoms with van der Waals surface area (Å²) in [5.41, 5.74) is 0. The summed E-state index contributed by atoms with van der Waals surface area (Å²) in [7, 11) is 0. The van der Waals surface area contributed by atoms with Crippen molar-refractivity contribution in [3.8, 4) is 0 Å². The molecule has 28 heavy (non-hydrogen) atoms. The van der Waals surface area contributed by atoms with E-state index in [4.69, 9.17) is 9.47 Å². The average Bonchev–Trinajstić information content (AvgIpc) is 2.50. The number of halogens is 6. The van der Waals surface area contributed by atoms with Gasteiger partial charge < -0.3 is 9.47 Å². The topological polar surface area (TPSA) is 52.6 Å². The zero-order chi connectivity index (χ0) is 20.7. The zero-order valence-corrected chi connectivity index (χ0v) is 14.8. The number of esters is 2. The highest BCUT2D eigenvalue weighted by Crippen LogP contribution is 2.44. The molecular weight excluding hydrogens is 394 g/mol. The molecule has 2 fully saturated rings. The van der Waals surface area contributed by atoms with E-state index in [-0.39, 0.29) is 32.1 Å². The second-order valence-electron chi connectivity index (χ2n) is 7.68. The molecule has 2 saturated carbocycles. The minimum absolute atomic E-state index is 0.264. The number of hydrogen-bond donors (Lipinski definition) is 0. The molecule has 0 aromatic rings. The molecule has 0 N–H and O–H groups in total. The van der Waals surface area contributed by atoms with Crippen molar-refractivity contribution in [3.63, 3.8) is 0 Å². The first-order chi connectivity index (χ1) is 12.9. The number of allylic oxidation sites excluding steroid dienone is 1. The van der Waals surface area contributed by atoms with Crippen molar-refractivity contribution in [1.82, 2.24) is 0 Å². The van der Waals surface area contributed by atoms with Gasteiger partial charge in [0.1, 0.15) is 12.2 Å². The van der Waals surface area contributed by atoms with Crippen molar-refractivity contribution in [3.05, 3.63) is 12.2 Å². The van der Waals surface area contributed by atoms with Crippen molar-refractivity contribution < 1.29 is 45.4 Å². The average molecular weight is 414 g/mol. The number of alkyl halides is 6. The van der Waals surface area contributed by atoms with Crippen LogP contribution in [0, 0.1) is 23.7 Å². The van der Waals surface area contributed by atoms with Crippen molar-refractivity contribution >= 4 is 11.9 Å². The lowest BCUT2D eigenvalue weighted by atomic mass is 9.80. The molecule has 158 valence electrons. The lowest BCUT2D eigenvalue weighted by molar-refractivity contribution is -0.224. The molecule has 0 amide bonds. The third kappa shape index (κ3) is 4.63. The van der Waals surface area contributed by atoms with E-state index >= 15 is 0 Å². The van der Waals surface area contributed by atoms with Gasteiger partial charge in [-0.05, 0) is 38.5 Å². The van der Waals surface area contributed by atoms with E-state index in [2.05, 4.69) is 0 Å². The maximum absolute atomic E-state index is 12.5. The van der Waals surface area contributed by atoms with E-state index in [1.165, 1.54) is 6.08 Å². The van der Waals surface area contributed by atoms with E-state index in [0.29, 0.717) is 6.42 Å². The predicted octanol–water partition coefficient (Wildman–Crippen LogP) is 4.34. The number of rotatable bonds is 4. The van der Waals surface area contributed by atoms with Crippen LogP contribution in [-0.2, 0) is 19.1 Å². The fraction of sp³-hybridized carbons (Fsp3) is 0.778. The van der Waals surface area contributed by atoms with E-state index in [1.807, 2.05) is 0 Å². The third-order valence-electron chi connectivity index (χ3n) is 5.68. The summed E-state index contributed by atoms with van der Waals surface area (Å²) in [6, 6.07) is 0. The molecule has 0 spiro atoms. The molecule has 4 nitrogen and oxygen atoms in total. The van der Waals surface area contributed by atoms with Gasteiger partial charge in [0.05, 0.1) is 23.7 Å². The van der Waals surface area contributed by atoms with Gasteiger partial charge in [-0.2, -0.15) is 26.3 Å². The van der Waals surface area contributed by atoms with Crippen LogP contribution >= 0.6 is 0 Å². The van der Waals surface area contributed by atoms with Gasteiger partial charge in [-0.25, -0.2) is 0 Å². The molecule has 2 atom stereocenters. The van der Waals surface area contributed by atoms with Crippen LogP contribution in [0.4, 0.5) is 26.3 Å². The molecule has 0 aromatic heterocycles. The third-order valence-corrected chi connectivity index (χ3v) is 5.68. The largest absolute Gasteiger partial charge is 0.462 e. The van der Waals surface area contributed by atoms with Gasteiger partial charge in [0.25, 0.3) is 0 Å². The molecule has 0 radical (unpaired) electrons. The highest BCUT2D eigenvalue weighted by atomic mass is 19.4. The molecule has 10 heteroatoms. The fourth-order valence-electron chi connectivity index (χ4n) is 3.69. The Morgan fingerprint density at radius 3 is 1.71 bits per heavy atom. The lowest BCUT2D eigenvalue weighted by Gasteiger charge is -2.38. The van der Waals surface area contributed by atoms with E-state index in [1.54, 1.807) is 6.08 Å². The van der Waals surface area contributed by atoms with Crippen LogP contribution in [0.5, 0.6) is 0 Å². The van der Waals surface area contributed by atoms with Crippen molar-refractivity contribution in [2.45, 2.75) is 63.1 Å². The Balaban J connectivity index is 1.50. The molecule has 0 aromatic carbocycles. The van der Waals surface area contributed by atoms with Crippen LogP contribution in [-0.4, -0.2) is 36.5 Å². The summed E-state index contributed by atoms with van der Waals surface area (Å²) in [5, 5.41) is 0. The highest BCUT2D eigenvalue weighted by Gasteiger charge is 2.51. The van der Waals surface area contributed by atoms with Crippen LogP contribution in [0.3, 0.4) is 0 Å². The van der Waals surface area contributed by atoms with E-state index in [0.717, 1.165) is 0 Å². The number of hydrogen-bond acceptors (Lipinski definition) is 4. The van der Waals surface area contributed by atoms with Gasteiger partial charge in [-0.15, -0.1) is 0 Å². The first kappa shape index (κ1) is 21.0. The fourth-order valence-corrected chi connectivity index (χ4v) is 3.69. The van der Waals surface area contributed by atoms with Gasteiger partial charge in [-0.1, -0.05) is 12.2 Å². The monoisotopic (exact) mass is 414 g/mol. The second-order valence-corrected chi connectivity index (χ2v) is 7.68. The van der Waals surface area contributed by atoms with Crippen LogP contribution in [0.15, 0.2) is 12.2 Å². The number of carbonyl (C=O) groups is 2. The van der Waals surface area contributed by atoms with Crippen LogP contribution in [0.2, 0.25) is 0 Å². The molecule has 0 bridgehead atoms. The normalized spacial score (nSPS) is 35.5. The molecule has 0 saturated heterocycles. The quantitative estimate of drug-likeness (QED) is 0.390. The van der Waals surface area contributed by atoms with Gasteiger partial charge >= 0.3 is 24.3 Å². The Hall–Kier alpha value is -1.74. The molecular formula is C18H20F6O4. The zero-order valence-electron chi connectivity index (χ0n) is 14.8. The summed E-state index contributed by atoms with van der Waals surface area (Å²) in [5.74, 6) is -6.44. The molecule has 3 aliphatic rings. The Kier molecular flexibility index (Phi) is 5.69. The van der Waals surface area contributed by atoms with E-state index < -0.39 is 60.2 Å². The Morgan fingerprint density at radius 1 is 0.786 bits per heavy atom. The smallest absolute Gasteiger partial charge is 0.392 e. The standard InChI is InChI=1S/C18H20F6O4/c19-17(20,21)9-5-11(6-9)27-15(25)13-3-1-2-4-14(13)16(26)28-12-7-10(8-12)18(22,23)24/h1,3,9-14H,2,4-8H2. The van der Waals surface area contributed by atoms with Crippen LogP contribution < -0.4 is 0 Å². The molecule has 3 rings (SSSR count). The molecule has 0 heterocycles. The first-order valence-electron chi connectivity index (χ1n) is 9.16. The molecule has 0 aliphatic heterocycles. The maximum Gasteiger partial charge on any atom is 0.392 e. The van der Waals surface area contributed by atoms with Gasteiger partial charge in [-0.3, -0.25) is 9.59 Å². The van der Waals surface area contributed by atoms with Crippen molar-refractivity contribution in [1.29, 1.82) is 0 Å². The van der Waals surface area contributed by atoms with Crippen LogP contribution in [0.1, 0.15) is 38.5 Å². The summed E-state index contributed by atoms with van der Waals surface area (Å²) in [6.07, 6.45) is -7.65. The van der Waals surface area contributed by atoms with E-state index in [9.17, 15) is 35.9 Å². The van der Waals surface area contributed by atoms with Crippen LogP contribution in [0.25, 0.3) is 0 Å². The Morgan fingerprint density at radius 2 is 1.25 bits per heavy atom. The van der Waals surface area contributed by atoms with Gasteiger partial charge in [0.15, 0.2) is 0 Å². The highest BCUT2D eigenvalue weighted by molar-refractivity contribution is 5.84. The molecule has 3 aliphatic carbocycles. The number of ether oxygens (including phenoxy) is 2. The van der Waals surface area contributed by atoms with Gasteiger partial charge in [0, 0.05) is 0 Å².